The molecule has 1 aliphatic heterocycles. The number of hydrogen-bond acceptors (Lipinski definition) is 6. The molecule has 1 fully saturated rings. The minimum atomic E-state index is -0.345. The van der Waals surface area contributed by atoms with Gasteiger partial charge in [-0.2, -0.15) is 0 Å². The zero-order valence-corrected chi connectivity index (χ0v) is 15.4. The first-order valence-electron chi connectivity index (χ1n) is 9.20. The van der Waals surface area contributed by atoms with Crippen LogP contribution >= 0.6 is 0 Å². The topological polar surface area (TPSA) is 54.6 Å². The molecule has 6 nitrogen and oxygen atoms in total. The monoisotopic (exact) mass is 378 g/mol. The van der Waals surface area contributed by atoms with E-state index in [0.29, 0.717) is 5.58 Å². The highest BCUT2D eigenvalue weighted by Gasteiger charge is 2.23. The third-order valence-electron chi connectivity index (χ3n) is 5.22. The maximum atomic E-state index is 14.0. The van der Waals surface area contributed by atoms with Gasteiger partial charge in [-0.05, 0) is 24.3 Å². The van der Waals surface area contributed by atoms with E-state index in [4.69, 9.17) is 9.15 Å². The van der Waals surface area contributed by atoms with Gasteiger partial charge in [0, 0.05) is 43.3 Å². The van der Waals surface area contributed by atoms with Crippen LogP contribution in [0.3, 0.4) is 0 Å². The lowest BCUT2D eigenvalue weighted by molar-refractivity contribution is 0.386. The molecule has 0 unspecified atom stereocenters. The summed E-state index contributed by atoms with van der Waals surface area (Å²) in [7, 11) is 1.47. The second kappa shape index (κ2) is 6.67. The first kappa shape index (κ1) is 16.8. The molecule has 4 aromatic rings. The molecule has 3 heterocycles. The van der Waals surface area contributed by atoms with Gasteiger partial charge in [-0.1, -0.05) is 12.1 Å². The number of ether oxygens (including phenoxy) is 1. The Labute approximate surface area is 161 Å². The highest BCUT2D eigenvalue weighted by atomic mass is 19.1. The molecule has 28 heavy (non-hydrogen) atoms. The van der Waals surface area contributed by atoms with E-state index in [0.717, 1.165) is 54.2 Å². The Balaban J connectivity index is 1.40. The van der Waals surface area contributed by atoms with Crippen molar-refractivity contribution in [1.29, 1.82) is 0 Å². The van der Waals surface area contributed by atoms with Crippen LogP contribution in [0.5, 0.6) is 5.75 Å². The summed E-state index contributed by atoms with van der Waals surface area (Å²) in [6.07, 6.45) is 1.59. The van der Waals surface area contributed by atoms with Gasteiger partial charge in [0.2, 0.25) is 0 Å². The largest absolute Gasteiger partial charge is 0.494 e. The highest BCUT2D eigenvalue weighted by molar-refractivity contribution is 6.05. The van der Waals surface area contributed by atoms with Crippen LogP contribution in [-0.2, 0) is 0 Å². The minimum Gasteiger partial charge on any atom is -0.494 e. The van der Waals surface area contributed by atoms with E-state index >= 15 is 0 Å². The van der Waals surface area contributed by atoms with Crippen LogP contribution in [-0.4, -0.2) is 43.3 Å². The number of para-hydroxylation sites is 1. The summed E-state index contributed by atoms with van der Waals surface area (Å²) in [6.45, 7) is 3.04. The Kier molecular flexibility index (Phi) is 4.00. The predicted molar refractivity (Wildman–Crippen MR) is 107 cm³/mol. The van der Waals surface area contributed by atoms with E-state index in [2.05, 4.69) is 19.8 Å². The van der Waals surface area contributed by atoms with Crippen molar-refractivity contribution >= 4 is 33.6 Å². The molecule has 0 aliphatic carbocycles. The number of nitrogens with zero attached hydrogens (tertiary/aromatic N) is 4. The number of benzene rings is 2. The fourth-order valence-corrected chi connectivity index (χ4v) is 3.77. The van der Waals surface area contributed by atoms with E-state index in [1.807, 2.05) is 30.3 Å². The fraction of sp³-hybridized carbons (Fsp3) is 0.238. The molecule has 142 valence electrons. The second-order valence-corrected chi connectivity index (χ2v) is 6.77. The van der Waals surface area contributed by atoms with Gasteiger partial charge in [-0.25, -0.2) is 14.4 Å². The van der Waals surface area contributed by atoms with Crippen LogP contribution in [0.1, 0.15) is 0 Å². The summed E-state index contributed by atoms with van der Waals surface area (Å²) in [5, 5.41) is 0.994. The van der Waals surface area contributed by atoms with Crippen molar-refractivity contribution in [2.45, 2.75) is 0 Å². The van der Waals surface area contributed by atoms with Gasteiger partial charge < -0.3 is 19.0 Å². The molecule has 5 rings (SSSR count). The van der Waals surface area contributed by atoms with E-state index < -0.39 is 0 Å². The maximum absolute atomic E-state index is 14.0. The van der Waals surface area contributed by atoms with Crippen molar-refractivity contribution in [1.82, 2.24) is 9.97 Å². The van der Waals surface area contributed by atoms with E-state index in [1.165, 1.54) is 13.2 Å². The number of piperazine rings is 1. The lowest BCUT2D eigenvalue weighted by atomic mass is 10.2. The lowest BCUT2D eigenvalue weighted by Crippen LogP contribution is -2.46. The Hall–Kier alpha value is -3.35. The van der Waals surface area contributed by atoms with Gasteiger partial charge in [-0.15, -0.1) is 0 Å². The molecule has 0 radical (unpaired) electrons. The quantitative estimate of drug-likeness (QED) is 0.540. The Morgan fingerprint density at radius 1 is 1.00 bits per heavy atom. The van der Waals surface area contributed by atoms with Crippen molar-refractivity contribution in [2.24, 2.45) is 0 Å². The van der Waals surface area contributed by atoms with Gasteiger partial charge in [-0.3, -0.25) is 0 Å². The van der Waals surface area contributed by atoms with Gasteiger partial charge in [0.1, 0.15) is 17.4 Å². The summed E-state index contributed by atoms with van der Waals surface area (Å²) in [6, 6.07) is 13.0. The van der Waals surface area contributed by atoms with Crippen molar-refractivity contribution in [3.05, 3.63) is 54.6 Å². The van der Waals surface area contributed by atoms with Crippen molar-refractivity contribution in [3.63, 3.8) is 0 Å². The number of halogens is 1. The molecular formula is C21H19FN4O2. The van der Waals surface area contributed by atoms with E-state index in [-0.39, 0.29) is 11.6 Å². The first-order valence-corrected chi connectivity index (χ1v) is 9.20. The normalized spacial score (nSPS) is 14.8. The number of furan rings is 1. The standard InChI is InChI=1S/C21H19FN4O2/c1-27-18-7-6-14(12-16(18)22)25-8-10-26(11-9-25)21-20-19(23-13-24-21)15-4-2-3-5-17(15)28-20/h2-7,12-13H,8-11H2,1H3. The fourth-order valence-electron chi connectivity index (χ4n) is 3.77. The average Bonchev–Trinajstić information content (AvgIpc) is 3.13. The number of anilines is 2. The van der Waals surface area contributed by atoms with Crippen molar-refractivity contribution in [2.75, 3.05) is 43.1 Å². The Morgan fingerprint density at radius 3 is 2.57 bits per heavy atom. The molecular weight excluding hydrogens is 359 g/mol. The molecule has 0 N–H and O–H groups in total. The number of hydrogen-bond donors (Lipinski definition) is 0. The molecule has 0 amide bonds. The van der Waals surface area contributed by atoms with Gasteiger partial charge in [0.05, 0.1) is 7.11 Å². The number of aromatic nitrogens is 2. The van der Waals surface area contributed by atoms with Gasteiger partial charge in [0.15, 0.2) is 23.0 Å². The first-order chi connectivity index (χ1) is 13.7. The average molecular weight is 378 g/mol. The van der Waals surface area contributed by atoms with Crippen molar-refractivity contribution in [3.8, 4) is 5.75 Å². The molecule has 1 aliphatic rings. The zero-order chi connectivity index (χ0) is 19.1. The van der Waals surface area contributed by atoms with Crippen LogP contribution in [0.15, 0.2) is 53.2 Å². The van der Waals surface area contributed by atoms with Crippen molar-refractivity contribution < 1.29 is 13.5 Å². The highest BCUT2D eigenvalue weighted by Crippen LogP contribution is 2.33. The van der Waals surface area contributed by atoms with Crippen LogP contribution in [0.4, 0.5) is 15.9 Å². The summed E-state index contributed by atoms with van der Waals surface area (Å²) in [4.78, 5) is 13.3. The molecule has 2 aromatic carbocycles. The molecule has 2 aromatic heterocycles. The zero-order valence-electron chi connectivity index (χ0n) is 15.4. The summed E-state index contributed by atoms with van der Waals surface area (Å²) in [5.41, 5.74) is 3.22. The number of rotatable bonds is 3. The SMILES string of the molecule is COc1ccc(N2CCN(c3ncnc4c3oc3ccccc34)CC2)cc1F. The Morgan fingerprint density at radius 2 is 1.79 bits per heavy atom. The smallest absolute Gasteiger partial charge is 0.196 e. The summed E-state index contributed by atoms with van der Waals surface area (Å²) >= 11 is 0. The number of fused-ring (bicyclic) bond motifs is 3. The van der Waals surface area contributed by atoms with E-state index in [1.54, 1.807) is 12.4 Å². The Bertz CT molecular complexity index is 1150. The predicted octanol–water partition coefficient (Wildman–Crippen LogP) is 3.85. The lowest BCUT2D eigenvalue weighted by Gasteiger charge is -2.36. The molecule has 7 heteroatoms. The molecule has 0 saturated carbocycles. The number of methoxy groups -OCH3 is 1. The minimum absolute atomic E-state index is 0.260. The summed E-state index contributed by atoms with van der Waals surface area (Å²) < 4.78 is 25.1. The van der Waals surface area contributed by atoms with Crippen LogP contribution < -0.4 is 14.5 Å². The third kappa shape index (κ3) is 2.70. The molecule has 0 bridgehead atoms. The van der Waals surface area contributed by atoms with Crippen LogP contribution in [0, 0.1) is 5.82 Å². The molecule has 1 saturated heterocycles. The molecule has 0 atom stereocenters. The third-order valence-corrected chi connectivity index (χ3v) is 5.22. The van der Waals surface area contributed by atoms with Crippen LogP contribution in [0.25, 0.3) is 22.1 Å². The second-order valence-electron chi connectivity index (χ2n) is 6.77. The van der Waals surface area contributed by atoms with Gasteiger partial charge >= 0.3 is 0 Å². The van der Waals surface area contributed by atoms with Gasteiger partial charge in [0.25, 0.3) is 0 Å². The molecule has 0 spiro atoms. The van der Waals surface area contributed by atoms with E-state index in [9.17, 15) is 4.39 Å². The van der Waals surface area contributed by atoms with Crippen LogP contribution in [0.2, 0.25) is 0 Å². The summed E-state index contributed by atoms with van der Waals surface area (Å²) in [5.74, 6) is 0.722. The maximum Gasteiger partial charge on any atom is 0.196 e.